The molecule has 2 aromatic rings. The number of quaternary nitrogens is 2. The van der Waals surface area contributed by atoms with Crippen molar-refractivity contribution in [3.63, 3.8) is 0 Å². The molecule has 0 radical (unpaired) electrons. The summed E-state index contributed by atoms with van der Waals surface area (Å²) in [7, 11) is 0. The number of carboxylic acid groups (broad SMARTS) is 2. The van der Waals surface area contributed by atoms with Gasteiger partial charge in [0.2, 0.25) is 0 Å². The highest BCUT2D eigenvalue weighted by Gasteiger charge is 1.87. The van der Waals surface area contributed by atoms with Gasteiger partial charge in [-0.05, 0) is 11.6 Å². The number of benzene rings is 1. The highest BCUT2D eigenvalue weighted by molar-refractivity contribution is 5.85. The molecular weight excluding hydrogens is 262 g/mol. The standard InChI is InChI=1S/C7H6O2.C6H5NO2.2H3N/c8-7(9)6-4-2-1-3-5-6;8-6(9)5-2-1-3-7-4-5;;/h1-5H,(H,8,9);1-4H,(H,8,9);2*1H3. The lowest BCUT2D eigenvalue weighted by molar-refractivity contribution is -0.256. The second-order valence-corrected chi connectivity index (χ2v) is 3.18. The van der Waals surface area contributed by atoms with Crippen molar-refractivity contribution in [1.82, 2.24) is 17.3 Å². The van der Waals surface area contributed by atoms with Crippen LogP contribution in [0, 0.1) is 0 Å². The molecule has 1 heterocycles. The minimum atomic E-state index is -1.19. The Kier molecular flexibility index (Phi) is 9.96. The molecular formula is C13H17N3O4. The Morgan fingerprint density at radius 1 is 0.800 bits per heavy atom. The van der Waals surface area contributed by atoms with Crippen LogP contribution in [0.25, 0.3) is 0 Å². The molecule has 0 saturated carbocycles. The first-order valence-electron chi connectivity index (χ1n) is 4.99. The van der Waals surface area contributed by atoms with Gasteiger partial charge in [0.1, 0.15) is 0 Å². The van der Waals surface area contributed by atoms with E-state index in [0.717, 1.165) is 0 Å². The van der Waals surface area contributed by atoms with Crippen molar-refractivity contribution < 1.29 is 19.8 Å². The van der Waals surface area contributed by atoms with Crippen LogP contribution in [-0.2, 0) is 0 Å². The zero-order valence-electron chi connectivity index (χ0n) is 11.3. The zero-order valence-corrected chi connectivity index (χ0v) is 11.3. The zero-order chi connectivity index (χ0) is 13.4. The quantitative estimate of drug-likeness (QED) is 0.802. The molecule has 20 heavy (non-hydrogen) atoms. The number of aromatic nitrogens is 1. The van der Waals surface area contributed by atoms with Gasteiger partial charge in [-0.15, -0.1) is 0 Å². The molecule has 0 atom stereocenters. The first-order chi connectivity index (χ1) is 8.61. The number of nitrogens with zero attached hydrogens (tertiary/aromatic N) is 1. The minimum absolute atomic E-state index is 0. The predicted octanol–water partition coefficient (Wildman–Crippen LogP) is 0.248. The Morgan fingerprint density at radius 3 is 1.60 bits per heavy atom. The van der Waals surface area contributed by atoms with Gasteiger partial charge in [-0.1, -0.05) is 36.4 Å². The van der Waals surface area contributed by atoms with E-state index in [2.05, 4.69) is 4.98 Å². The van der Waals surface area contributed by atoms with Crippen LogP contribution < -0.4 is 22.5 Å². The summed E-state index contributed by atoms with van der Waals surface area (Å²) >= 11 is 0. The summed E-state index contributed by atoms with van der Waals surface area (Å²) in [5, 5.41) is 20.1. The van der Waals surface area contributed by atoms with Gasteiger partial charge in [-0.3, -0.25) is 4.98 Å². The summed E-state index contributed by atoms with van der Waals surface area (Å²) in [6.07, 6.45) is 2.75. The second kappa shape index (κ2) is 10.2. The summed E-state index contributed by atoms with van der Waals surface area (Å²) in [6, 6.07) is 11.0. The largest absolute Gasteiger partial charge is 0.545 e. The molecule has 8 N–H and O–H groups in total. The molecule has 0 aliphatic heterocycles. The van der Waals surface area contributed by atoms with Crippen molar-refractivity contribution in [2.24, 2.45) is 0 Å². The average Bonchev–Trinajstić information content (AvgIpc) is 2.41. The van der Waals surface area contributed by atoms with Crippen molar-refractivity contribution in [2.75, 3.05) is 0 Å². The average molecular weight is 279 g/mol. The van der Waals surface area contributed by atoms with Gasteiger partial charge in [-0.2, -0.15) is 0 Å². The molecule has 7 heteroatoms. The summed E-state index contributed by atoms with van der Waals surface area (Å²) in [6.45, 7) is 0. The van der Waals surface area contributed by atoms with E-state index in [9.17, 15) is 19.8 Å². The van der Waals surface area contributed by atoms with Crippen molar-refractivity contribution in [1.29, 1.82) is 0 Å². The first kappa shape index (κ1) is 19.6. The Morgan fingerprint density at radius 2 is 1.30 bits per heavy atom. The lowest BCUT2D eigenvalue weighted by Crippen LogP contribution is -2.22. The van der Waals surface area contributed by atoms with Crippen LogP contribution in [0.15, 0.2) is 54.9 Å². The fourth-order valence-corrected chi connectivity index (χ4v) is 1.06. The van der Waals surface area contributed by atoms with Gasteiger partial charge in [0.15, 0.2) is 0 Å². The third-order valence-corrected chi connectivity index (χ3v) is 1.91. The number of rotatable bonds is 2. The Labute approximate surface area is 116 Å². The Balaban J connectivity index is 0. The van der Waals surface area contributed by atoms with E-state index in [1.807, 2.05) is 0 Å². The normalized spacial score (nSPS) is 8.00. The van der Waals surface area contributed by atoms with Crippen LogP contribution in [0.2, 0.25) is 0 Å². The van der Waals surface area contributed by atoms with Gasteiger partial charge in [0.05, 0.1) is 11.9 Å². The van der Waals surface area contributed by atoms with Gasteiger partial charge in [0.25, 0.3) is 0 Å². The Hall–Kier alpha value is -2.77. The minimum Gasteiger partial charge on any atom is -0.545 e. The lowest BCUT2D eigenvalue weighted by Gasteiger charge is -1.97. The van der Waals surface area contributed by atoms with Crippen molar-refractivity contribution >= 4 is 11.9 Å². The van der Waals surface area contributed by atoms with E-state index in [0.29, 0.717) is 0 Å². The molecule has 0 amide bonds. The topological polar surface area (TPSA) is 166 Å². The molecule has 0 unspecified atom stereocenters. The van der Waals surface area contributed by atoms with Crippen molar-refractivity contribution in [2.45, 2.75) is 0 Å². The maximum Gasteiger partial charge on any atom is 0.0730 e. The summed E-state index contributed by atoms with van der Waals surface area (Å²) < 4.78 is 0. The molecule has 0 spiro atoms. The molecule has 7 nitrogen and oxygen atoms in total. The number of carboxylic acids is 2. The predicted molar refractivity (Wildman–Crippen MR) is 71.3 cm³/mol. The van der Waals surface area contributed by atoms with Gasteiger partial charge in [-0.25, -0.2) is 0 Å². The van der Waals surface area contributed by atoms with Crippen LogP contribution in [0.1, 0.15) is 20.7 Å². The van der Waals surface area contributed by atoms with E-state index in [4.69, 9.17) is 0 Å². The highest BCUT2D eigenvalue weighted by Crippen LogP contribution is 1.94. The first-order valence-corrected chi connectivity index (χ1v) is 4.99. The molecule has 2 rings (SSSR count). The fourth-order valence-electron chi connectivity index (χ4n) is 1.06. The van der Waals surface area contributed by atoms with Crippen LogP contribution in [0.3, 0.4) is 0 Å². The maximum atomic E-state index is 10.1. The molecule has 0 saturated heterocycles. The van der Waals surface area contributed by atoms with Crippen molar-refractivity contribution in [3.05, 3.63) is 66.0 Å². The van der Waals surface area contributed by atoms with Crippen LogP contribution >= 0.6 is 0 Å². The summed E-state index contributed by atoms with van der Waals surface area (Å²) in [5.41, 5.74) is 0.329. The van der Waals surface area contributed by atoms with Crippen LogP contribution in [-0.4, -0.2) is 16.9 Å². The molecule has 1 aromatic heterocycles. The number of carbonyl (C=O) groups is 2. The molecule has 0 fully saturated rings. The fraction of sp³-hybridized carbons (Fsp3) is 0. The molecule has 0 bridgehead atoms. The molecule has 1 aromatic carbocycles. The van der Waals surface area contributed by atoms with Gasteiger partial charge in [0, 0.05) is 18.0 Å². The molecule has 0 aliphatic carbocycles. The molecule has 0 aliphatic rings. The van der Waals surface area contributed by atoms with E-state index in [1.165, 1.54) is 30.6 Å². The van der Waals surface area contributed by atoms with Crippen LogP contribution in [0.5, 0.6) is 0 Å². The number of hydrogen-bond donors (Lipinski definition) is 2. The van der Waals surface area contributed by atoms with E-state index in [-0.39, 0.29) is 23.4 Å². The third kappa shape index (κ3) is 6.84. The number of hydrogen-bond acceptors (Lipinski definition) is 5. The summed E-state index contributed by atoms with van der Waals surface area (Å²) in [5.74, 6) is -2.32. The van der Waals surface area contributed by atoms with Gasteiger partial charge < -0.3 is 32.1 Å². The molecule has 108 valence electrons. The maximum absolute atomic E-state index is 10.1. The van der Waals surface area contributed by atoms with E-state index >= 15 is 0 Å². The second-order valence-electron chi connectivity index (χ2n) is 3.18. The monoisotopic (exact) mass is 279 g/mol. The van der Waals surface area contributed by atoms with Crippen molar-refractivity contribution in [3.8, 4) is 0 Å². The Bertz CT molecular complexity index is 468. The highest BCUT2D eigenvalue weighted by atomic mass is 16.4. The number of pyridine rings is 1. The summed E-state index contributed by atoms with van der Waals surface area (Å²) in [4.78, 5) is 23.7. The number of aromatic carboxylic acids is 2. The SMILES string of the molecule is O=C([O-])c1ccccc1.O=C([O-])c1cccnc1.[NH4+].[NH4+]. The van der Waals surface area contributed by atoms with Crippen LogP contribution in [0.4, 0.5) is 0 Å². The van der Waals surface area contributed by atoms with Gasteiger partial charge >= 0.3 is 0 Å². The smallest absolute Gasteiger partial charge is 0.0730 e. The van der Waals surface area contributed by atoms with E-state index in [1.54, 1.807) is 24.3 Å². The number of carbonyl (C=O) groups excluding carboxylic acids is 2. The third-order valence-electron chi connectivity index (χ3n) is 1.91. The van der Waals surface area contributed by atoms with E-state index < -0.39 is 11.9 Å². The lowest BCUT2D eigenvalue weighted by atomic mass is 10.2.